The second kappa shape index (κ2) is 6.03. The van der Waals surface area contributed by atoms with E-state index in [0.717, 1.165) is 5.69 Å². The van der Waals surface area contributed by atoms with Crippen molar-refractivity contribution in [1.82, 2.24) is 0 Å². The number of carbonyl (C=O) groups is 2. The van der Waals surface area contributed by atoms with E-state index in [1.165, 1.54) is 0 Å². The summed E-state index contributed by atoms with van der Waals surface area (Å²) in [7, 11) is 3.87. The van der Waals surface area contributed by atoms with Crippen molar-refractivity contribution in [2.75, 3.05) is 19.0 Å². The van der Waals surface area contributed by atoms with Gasteiger partial charge in [0.05, 0.1) is 0 Å². The predicted octanol–water partition coefficient (Wildman–Crippen LogP) is 2.19. The number of benzene rings is 1. The van der Waals surface area contributed by atoms with Crippen molar-refractivity contribution in [2.24, 2.45) is 0 Å². The smallest absolute Gasteiger partial charge is 0.303 e. The first-order chi connectivity index (χ1) is 8.00. The number of rotatable bonds is 6. The van der Waals surface area contributed by atoms with Crippen molar-refractivity contribution in [3.05, 3.63) is 29.8 Å². The molecule has 1 aromatic carbocycles. The molecule has 1 aromatic rings. The Morgan fingerprint density at radius 3 is 2.18 bits per heavy atom. The minimum absolute atomic E-state index is 0.00319. The molecule has 0 aliphatic rings. The van der Waals surface area contributed by atoms with Gasteiger partial charge in [-0.3, -0.25) is 9.59 Å². The Morgan fingerprint density at radius 1 is 1.12 bits per heavy atom. The van der Waals surface area contributed by atoms with E-state index in [9.17, 15) is 9.59 Å². The molecule has 0 spiro atoms. The average Bonchev–Trinajstić information content (AvgIpc) is 2.28. The van der Waals surface area contributed by atoms with E-state index < -0.39 is 5.97 Å². The lowest BCUT2D eigenvalue weighted by atomic mass is 10.1. The molecule has 0 heterocycles. The molecule has 0 fully saturated rings. The molecule has 0 radical (unpaired) electrons. The van der Waals surface area contributed by atoms with E-state index >= 15 is 0 Å². The highest BCUT2D eigenvalue weighted by Crippen LogP contribution is 2.14. The summed E-state index contributed by atoms with van der Waals surface area (Å²) in [6.07, 6.45) is 0.721. The van der Waals surface area contributed by atoms with Crippen LogP contribution in [0.15, 0.2) is 24.3 Å². The number of anilines is 1. The lowest BCUT2D eigenvalue weighted by Crippen LogP contribution is -2.09. The molecule has 0 unspecified atom stereocenters. The molecule has 17 heavy (non-hydrogen) atoms. The third-order valence-corrected chi connectivity index (χ3v) is 2.50. The summed E-state index contributed by atoms with van der Waals surface area (Å²) in [6, 6.07) is 7.31. The maximum absolute atomic E-state index is 11.7. The number of carboxylic acids is 1. The molecule has 92 valence electrons. The van der Waals surface area contributed by atoms with E-state index in [1.807, 2.05) is 31.1 Å². The van der Waals surface area contributed by atoms with Crippen LogP contribution in [0.3, 0.4) is 0 Å². The van der Waals surface area contributed by atoms with Crippen LogP contribution >= 0.6 is 0 Å². The summed E-state index contributed by atoms with van der Waals surface area (Å²) in [6.45, 7) is 0. The second-order valence-electron chi connectivity index (χ2n) is 4.11. The topological polar surface area (TPSA) is 57.6 Å². The summed E-state index contributed by atoms with van der Waals surface area (Å²) in [5, 5.41) is 8.48. The molecule has 0 aromatic heterocycles. The van der Waals surface area contributed by atoms with Gasteiger partial charge in [0.1, 0.15) is 0 Å². The first-order valence-electron chi connectivity index (χ1n) is 5.53. The molecule has 4 heteroatoms. The van der Waals surface area contributed by atoms with Gasteiger partial charge in [0, 0.05) is 38.2 Å². The highest BCUT2D eigenvalue weighted by molar-refractivity contribution is 5.96. The van der Waals surface area contributed by atoms with Gasteiger partial charge in [0.2, 0.25) is 0 Å². The van der Waals surface area contributed by atoms with E-state index in [2.05, 4.69) is 0 Å². The quantitative estimate of drug-likeness (QED) is 0.768. The molecule has 0 saturated heterocycles. The summed E-state index contributed by atoms with van der Waals surface area (Å²) in [5.74, 6) is -0.864. The SMILES string of the molecule is CN(C)c1ccc(C(=O)CCCC(=O)O)cc1. The molecule has 0 bridgehead atoms. The molecule has 0 atom stereocenters. The Bertz CT molecular complexity index is 396. The number of carbonyl (C=O) groups excluding carboxylic acids is 1. The maximum atomic E-state index is 11.7. The third-order valence-electron chi connectivity index (χ3n) is 2.50. The molecule has 1 rings (SSSR count). The van der Waals surface area contributed by atoms with Gasteiger partial charge in [-0.1, -0.05) is 0 Å². The van der Waals surface area contributed by atoms with Gasteiger partial charge in [0.25, 0.3) is 0 Å². The van der Waals surface area contributed by atoms with Crippen molar-refractivity contribution in [3.63, 3.8) is 0 Å². The largest absolute Gasteiger partial charge is 0.481 e. The minimum Gasteiger partial charge on any atom is -0.481 e. The van der Waals surface area contributed by atoms with Crippen LogP contribution in [0.1, 0.15) is 29.6 Å². The van der Waals surface area contributed by atoms with E-state index in [1.54, 1.807) is 12.1 Å². The Labute approximate surface area is 101 Å². The van der Waals surface area contributed by atoms with Crippen molar-refractivity contribution in [2.45, 2.75) is 19.3 Å². The molecule has 0 aliphatic carbocycles. The Balaban J connectivity index is 2.54. The van der Waals surface area contributed by atoms with Crippen molar-refractivity contribution in [1.29, 1.82) is 0 Å². The van der Waals surface area contributed by atoms with Crippen LogP contribution in [-0.4, -0.2) is 31.0 Å². The summed E-state index contributed by atoms with van der Waals surface area (Å²) >= 11 is 0. The fourth-order valence-electron chi connectivity index (χ4n) is 1.49. The van der Waals surface area contributed by atoms with E-state index in [0.29, 0.717) is 12.0 Å². The third kappa shape index (κ3) is 4.26. The first kappa shape index (κ1) is 13.2. The van der Waals surface area contributed by atoms with Crippen LogP contribution in [0, 0.1) is 0 Å². The Hall–Kier alpha value is -1.84. The fourth-order valence-corrected chi connectivity index (χ4v) is 1.49. The molecule has 0 aliphatic heterocycles. The van der Waals surface area contributed by atoms with E-state index in [-0.39, 0.29) is 18.6 Å². The monoisotopic (exact) mass is 235 g/mol. The second-order valence-corrected chi connectivity index (χ2v) is 4.11. The zero-order valence-electron chi connectivity index (χ0n) is 10.1. The highest BCUT2D eigenvalue weighted by Gasteiger charge is 2.07. The van der Waals surface area contributed by atoms with Crippen LogP contribution < -0.4 is 4.90 Å². The number of nitrogens with zero attached hydrogens (tertiary/aromatic N) is 1. The zero-order valence-corrected chi connectivity index (χ0v) is 10.1. The maximum Gasteiger partial charge on any atom is 0.303 e. The van der Waals surface area contributed by atoms with E-state index in [4.69, 9.17) is 5.11 Å². The van der Waals surface area contributed by atoms with Crippen molar-refractivity contribution >= 4 is 17.4 Å². The van der Waals surface area contributed by atoms with Gasteiger partial charge >= 0.3 is 5.97 Å². The zero-order chi connectivity index (χ0) is 12.8. The molecule has 0 amide bonds. The Kier molecular flexibility index (Phi) is 4.69. The lowest BCUT2D eigenvalue weighted by molar-refractivity contribution is -0.137. The van der Waals surface area contributed by atoms with Crippen LogP contribution in [0.5, 0.6) is 0 Å². The number of hydrogen-bond acceptors (Lipinski definition) is 3. The summed E-state index contributed by atoms with van der Waals surface area (Å²) in [5.41, 5.74) is 1.67. The first-order valence-corrected chi connectivity index (χ1v) is 5.53. The van der Waals surface area contributed by atoms with Gasteiger partial charge in [-0.25, -0.2) is 0 Å². The lowest BCUT2D eigenvalue weighted by Gasteiger charge is -2.12. The standard InChI is InChI=1S/C13H17NO3/c1-14(2)11-8-6-10(7-9-11)12(15)4-3-5-13(16)17/h6-9H,3-5H2,1-2H3,(H,16,17). The summed E-state index contributed by atoms with van der Waals surface area (Å²) in [4.78, 5) is 24.0. The normalized spacial score (nSPS) is 10.0. The minimum atomic E-state index is -0.860. The van der Waals surface area contributed by atoms with Gasteiger partial charge in [-0.05, 0) is 30.7 Å². The number of Topliss-reactive ketones (excluding diaryl/α,β-unsaturated/α-hetero) is 1. The number of aliphatic carboxylic acids is 1. The van der Waals surface area contributed by atoms with Crippen LogP contribution in [0.25, 0.3) is 0 Å². The molecule has 0 saturated carbocycles. The van der Waals surface area contributed by atoms with Crippen LogP contribution in [0.4, 0.5) is 5.69 Å². The van der Waals surface area contributed by atoms with Crippen LogP contribution in [0.2, 0.25) is 0 Å². The Morgan fingerprint density at radius 2 is 1.71 bits per heavy atom. The van der Waals surface area contributed by atoms with Crippen molar-refractivity contribution < 1.29 is 14.7 Å². The summed E-state index contributed by atoms with van der Waals surface area (Å²) < 4.78 is 0. The molecular formula is C13H17NO3. The average molecular weight is 235 g/mol. The number of hydrogen-bond donors (Lipinski definition) is 1. The molecular weight excluding hydrogens is 218 g/mol. The predicted molar refractivity (Wildman–Crippen MR) is 66.6 cm³/mol. The van der Waals surface area contributed by atoms with Crippen molar-refractivity contribution in [3.8, 4) is 0 Å². The highest BCUT2D eigenvalue weighted by atomic mass is 16.4. The molecule has 1 N–H and O–H groups in total. The van der Waals surface area contributed by atoms with Gasteiger partial charge in [-0.2, -0.15) is 0 Å². The van der Waals surface area contributed by atoms with Crippen LogP contribution in [-0.2, 0) is 4.79 Å². The van der Waals surface area contributed by atoms with Gasteiger partial charge in [-0.15, -0.1) is 0 Å². The van der Waals surface area contributed by atoms with Gasteiger partial charge in [0.15, 0.2) is 5.78 Å². The number of ketones is 1. The number of carboxylic acid groups (broad SMARTS) is 1. The molecule has 4 nitrogen and oxygen atoms in total. The van der Waals surface area contributed by atoms with Gasteiger partial charge < -0.3 is 10.0 Å². The fraction of sp³-hybridized carbons (Fsp3) is 0.385.